The fraction of sp³-hybridized carbons (Fsp3) is 0.286. The summed E-state index contributed by atoms with van der Waals surface area (Å²) in [4.78, 5) is 15.0. The maximum atomic E-state index is 10.6. The highest BCUT2D eigenvalue weighted by Crippen LogP contribution is 2.26. The molecule has 19 heavy (non-hydrogen) atoms. The van der Waals surface area contributed by atoms with Crippen LogP contribution >= 0.6 is 0 Å². The van der Waals surface area contributed by atoms with E-state index in [0.29, 0.717) is 6.42 Å². The lowest BCUT2D eigenvalue weighted by molar-refractivity contribution is -0.118. The molecule has 0 spiro atoms. The number of rotatable bonds is 6. The van der Waals surface area contributed by atoms with Crippen molar-refractivity contribution < 1.29 is 4.79 Å². The molecule has 100 valence electrons. The number of hydrogen-bond acceptors (Lipinski definition) is 4. The van der Waals surface area contributed by atoms with Crippen molar-refractivity contribution >= 4 is 28.2 Å². The van der Waals surface area contributed by atoms with E-state index in [2.05, 4.69) is 10.3 Å². The SMILES string of the molecule is NC(=O)CCCCNc1ccc(N)c2cccnc12. The molecule has 0 unspecified atom stereocenters. The monoisotopic (exact) mass is 258 g/mol. The second-order valence-electron chi connectivity index (χ2n) is 4.45. The van der Waals surface area contributed by atoms with E-state index in [0.717, 1.165) is 41.7 Å². The van der Waals surface area contributed by atoms with Gasteiger partial charge < -0.3 is 16.8 Å². The van der Waals surface area contributed by atoms with Crippen LogP contribution in [0, 0.1) is 0 Å². The summed E-state index contributed by atoms with van der Waals surface area (Å²) < 4.78 is 0. The van der Waals surface area contributed by atoms with E-state index in [4.69, 9.17) is 11.5 Å². The zero-order valence-electron chi connectivity index (χ0n) is 10.7. The second-order valence-corrected chi connectivity index (χ2v) is 4.45. The maximum Gasteiger partial charge on any atom is 0.217 e. The molecule has 5 nitrogen and oxygen atoms in total. The number of nitrogens with two attached hydrogens (primary N) is 2. The molecule has 1 aromatic carbocycles. The highest BCUT2D eigenvalue weighted by molar-refractivity contribution is 5.98. The van der Waals surface area contributed by atoms with E-state index in [-0.39, 0.29) is 5.91 Å². The average Bonchev–Trinajstić information content (AvgIpc) is 2.41. The van der Waals surface area contributed by atoms with E-state index in [9.17, 15) is 4.79 Å². The minimum Gasteiger partial charge on any atom is -0.398 e. The summed E-state index contributed by atoms with van der Waals surface area (Å²) in [5.74, 6) is -0.250. The van der Waals surface area contributed by atoms with Crippen molar-refractivity contribution in [2.45, 2.75) is 19.3 Å². The largest absolute Gasteiger partial charge is 0.398 e. The Balaban J connectivity index is 2.01. The molecule has 0 fully saturated rings. The fourth-order valence-corrected chi connectivity index (χ4v) is 1.98. The molecular formula is C14H18N4O. The second kappa shape index (κ2) is 6.04. The number of amides is 1. The summed E-state index contributed by atoms with van der Waals surface area (Å²) in [5, 5.41) is 4.27. The molecule has 0 saturated heterocycles. The number of pyridine rings is 1. The molecule has 1 amide bonds. The van der Waals surface area contributed by atoms with Gasteiger partial charge in [0.15, 0.2) is 0 Å². The molecule has 5 N–H and O–H groups in total. The quantitative estimate of drug-likeness (QED) is 0.544. The van der Waals surface area contributed by atoms with Gasteiger partial charge in [0.1, 0.15) is 0 Å². The summed E-state index contributed by atoms with van der Waals surface area (Å²) in [6, 6.07) is 7.62. The minimum atomic E-state index is -0.250. The van der Waals surface area contributed by atoms with Crippen molar-refractivity contribution in [1.82, 2.24) is 4.98 Å². The van der Waals surface area contributed by atoms with Crippen molar-refractivity contribution in [3.05, 3.63) is 30.5 Å². The van der Waals surface area contributed by atoms with Crippen molar-refractivity contribution in [3.63, 3.8) is 0 Å². The van der Waals surface area contributed by atoms with Crippen molar-refractivity contribution in [1.29, 1.82) is 0 Å². The average molecular weight is 258 g/mol. The van der Waals surface area contributed by atoms with Gasteiger partial charge in [-0.3, -0.25) is 9.78 Å². The number of nitrogens with one attached hydrogen (secondary N) is 1. The van der Waals surface area contributed by atoms with Gasteiger partial charge in [-0.2, -0.15) is 0 Å². The standard InChI is InChI=1S/C14H18N4O/c15-11-6-7-12(14-10(11)4-3-9-18-14)17-8-2-1-5-13(16)19/h3-4,6-7,9,17H,1-2,5,8,15H2,(H2,16,19). The van der Waals surface area contributed by atoms with Crippen LogP contribution in [0.3, 0.4) is 0 Å². The first-order valence-corrected chi connectivity index (χ1v) is 6.34. The number of hydrogen-bond donors (Lipinski definition) is 3. The summed E-state index contributed by atoms with van der Waals surface area (Å²) in [6.45, 7) is 0.781. The van der Waals surface area contributed by atoms with Crippen molar-refractivity contribution in [2.75, 3.05) is 17.6 Å². The third kappa shape index (κ3) is 3.34. The van der Waals surface area contributed by atoms with E-state index in [1.807, 2.05) is 24.3 Å². The lowest BCUT2D eigenvalue weighted by Gasteiger charge is -2.10. The summed E-state index contributed by atoms with van der Waals surface area (Å²) in [7, 11) is 0. The van der Waals surface area contributed by atoms with Crippen molar-refractivity contribution in [2.24, 2.45) is 5.73 Å². The molecule has 0 saturated carbocycles. The molecule has 2 rings (SSSR count). The normalized spacial score (nSPS) is 10.5. The predicted octanol–water partition coefficient (Wildman–Crippen LogP) is 1.88. The smallest absolute Gasteiger partial charge is 0.217 e. The first-order chi connectivity index (χ1) is 9.18. The number of benzene rings is 1. The number of nitrogen functional groups attached to an aromatic ring is 1. The highest BCUT2D eigenvalue weighted by Gasteiger charge is 2.04. The minimum absolute atomic E-state index is 0.250. The maximum absolute atomic E-state index is 10.6. The molecule has 5 heteroatoms. The van der Waals surface area contributed by atoms with Gasteiger partial charge in [0.25, 0.3) is 0 Å². The topological polar surface area (TPSA) is 94.0 Å². The molecule has 1 aromatic heterocycles. The Morgan fingerprint density at radius 1 is 1.26 bits per heavy atom. The van der Waals surface area contributed by atoms with Gasteiger partial charge in [0.2, 0.25) is 5.91 Å². The van der Waals surface area contributed by atoms with Crippen LogP contribution in [0.5, 0.6) is 0 Å². The zero-order chi connectivity index (χ0) is 13.7. The molecular weight excluding hydrogens is 240 g/mol. The Bertz CT molecular complexity index is 583. The summed E-state index contributed by atoms with van der Waals surface area (Å²) in [6.07, 6.45) is 3.87. The lowest BCUT2D eigenvalue weighted by atomic mass is 10.1. The number of aromatic nitrogens is 1. The molecule has 0 aliphatic carbocycles. The Morgan fingerprint density at radius 2 is 2.11 bits per heavy atom. The van der Waals surface area contributed by atoms with Crippen LogP contribution in [0.25, 0.3) is 10.9 Å². The van der Waals surface area contributed by atoms with Crippen LogP contribution < -0.4 is 16.8 Å². The van der Waals surface area contributed by atoms with Crippen LogP contribution in [0.4, 0.5) is 11.4 Å². The molecule has 0 atom stereocenters. The Kier molecular flexibility index (Phi) is 4.18. The number of carbonyl (C=O) groups excluding carboxylic acids is 1. The number of primary amides is 1. The van der Waals surface area contributed by atoms with Crippen LogP contribution in [-0.2, 0) is 4.79 Å². The Labute approximate surface area is 112 Å². The highest BCUT2D eigenvalue weighted by atomic mass is 16.1. The molecule has 1 heterocycles. The van der Waals surface area contributed by atoms with Gasteiger partial charge in [-0.25, -0.2) is 0 Å². The van der Waals surface area contributed by atoms with Crippen molar-refractivity contribution in [3.8, 4) is 0 Å². The molecule has 0 bridgehead atoms. The van der Waals surface area contributed by atoms with Gasteiger partial charge in [-0.15, -0.1) is 0 Å². The number of unbranched alkanes of at least 4 members (excludes halogenated alkanes) is 1. The third-order valence-electron chi connectivity index (χ3n) is 2.97. The van der Waals surface area contributed by atoms with E-state index >= 15 is 0 Å². The predicted molar refractivity (Wildman–Crippen MR) is 77.7 cm³/mol. The first-order valence-electron chi connectivity index (χ1n) is 6.34. The Morgan fingerprint density at radius 3 is 2.89 bits per heavy atom. The number of anilines is 2. The molecule has 0 aliphatic rings. The third-order valence-corrected chi connectivity index (χ3v) is 2.97. The Hall–Kier alpha value is -2.30. The molecule has 0 aliphatic heterocycles. The molecule has 2 aromatic rings. The number of nitrogens with zero attached hydrogens (tertiary/aromatic N) is 1. The summed E-state index contributed by atoms with van der Waals surface area (Å²) in [5.41, 5.74) is 13.6. The van der Waals surface area contributed by atoms with Gasteiger partial charge in [-0.05, 0) is 37.1 Å². The zero-order valence-corrected chi connectivity index (χ0v) is 10.7. The lowest BCUT2D eigenvalue weighted by Crippen LogP contribution is -2.11. The van der Waals surface area contributed by atoms with E-state index in [1.165, 1.54) is 0 Å². The van der Waals surface area contributed by atoms with Crippen LogP contribution in [0.1, 0.15) is 19.3 Å². The van der Waals surface area contributed by atoms with Gasteiger partial charge in [0.05, 0.1) is 11.2 Å². The van der Waals surface area contributed by atoms with Gasteiger partial charge >= 0.3 is 0 Å². The first kappa shape index (κ1) is 13.1. The van der Waals surface area contributed by atoms with Crippen LogP contribution in [0.15, 0.2) is 30.5 Å². The van der Waals surface area contributed by atoms with Crippen LogP contribution in [0.2, 0.25) is 0 Å². The van der Waals surface area contributed by atoms with Gasteiger partial charge in [-0.1, -0.05) is 0 Å². The van der Waals surface area contributed by atoms with E-state index in [1.54, 1.807) is 6.20 Å². The number of fused-ring (bicyclic) bond motifs is 1. The molecule has 0 radical (unpaired) electrons. The van der Waals surface area contributed by atoms with Gasteiger partial charge in [0, 0.05) is 30.2 Å². The van der Waals surface area contributed by atoms with E-state index < -0.39 is 0 Å². The number of carbonyl (C=O) groups is 1. The fourth-order valence-electron chi connectivity index (χ4n) is 1.98. The summed E-state index contributed by atoms with van der Waals surface area (Å²) >= 11 is 0. The van der Waals surface area contributed by atoms with Crippen LogP contribution in [-0.4, -0.2) is 17.4 Å².